The summed E-state index contributed by atoms with van der Waals surface area (Å²) in [6.07, 6.45) is 1.69. The Hall–Kier alpha value is -2.19. The zero-order valence-electron chi connectivity index (χ0n) is 16.2. The molecular weight excluding hydrogens is 401 g/mol. The molecule has 2 aliphatic heterocycles. The Bertz CT molecular complexity index is 770. The minimum Gasteiger partial charge on any atom is -0.378 e. The quantitative estimate of drug-likeness (QED) is 0.778. The van der Waals surface area contributed by atoms with Crippen molar-refractivity contribution < 1.29 is 23.5 Å². The Labute approximate surface area is 174 Å². The highest BCUT2D eigenvalue weighted by atomic mass is 35.5. The first kappa shape index (κ1) is 21.5. The number of carbonyl (C=O) groups excluding carboxylic acids is 3. The third kappa shape index (κ3) is 5.67. The smallest absolute Gasteiger partial charge is 0.252 e. The molecular formula is C20H25ClFN3O4. The average Bonchev–Trinajstić information content (AvgIpc) is 2.73. The SMILES string of the molecule is O=C(NCCC(=O)N1CCCC(C(=O)N2CCOCC2)C1)c1ccc(F)cc1Cl. The summed E-state index contributed by atoms with van der Waals surface area (Å²) in [5, 5.41) is 2.66. The Morgan fingerprint density at radius 3 is 2.66 bits per heavy atom. The third-order valence-electron chi connectivity index (χ3n) is 5.25. The van der Waals surface area contributed by atoms with Gasteiger partial charge in [-0.25, -0.2) is 4.39 Å². The maximum absolute atomic E-state index is 13.1. The van der Waals surface area contributed by atoms with E-state index in [4.69, 9.17) is 16.3 Å². The molecule has 0 aliphatic carbocycles. The summed E-state index contributed by atoms with van der Waals surface area (Å²) in [6, 6.07) is 3.54. The van der Waals surface area contributed by atoms with Gasteiger partial charge in [0, 0.05) is 39.1 Å². The summed E-state index contributed by atoms with van der Waals surface area (Å²) in [5.74, 6) is -1.17. The summed E-state index contributed by atoms with van der Waals surface area (Å²) < 4.78 is 18.4. The van der Waals surface area contributed by atoms with Gasteiger partial charge in [-0.3, -0.25) is 14.4 Å². The van der Waals surface area contributed by atoms with Crippen LogP contribution in [-0.4, -0.2) is 73.5 Å². The van der Waals surface area contributed by atoms with Gasteiger partial charge in [-0.1, -0.05) is 11.6 Å². The van der Waals surface area contributed by atoms with Gasteiger partial charge < -0.3 is 19.9 Å². The predicted octanol–water partition coefficient (Wildman–Crippen LogP) is 1.70. The molecule has 0 saturated carbocycles. The Morgan fingerprint density at radius 2 is 1.93 bits per heavy atom. The first-order chi connectivity index (χ1) is 14.0. The van der Waals surface area contributed by atoms with Crippen LogP contribution >= 0.6 is 11.6 Å². The number of hydrogen-bond acceptors (Lipinski definition) is 4. The molecule has 3 amide bonds. The van der Waals surface area contributed by atoms with E-state index in [1.165, 1.54) is 6.07 Å². The summed E-state index contributed by atoms with van der Waals surface area (Å²) in [4.78, 5) is 40.9. The van der Waals surface area contributed by atoms with Gasteiger partial charge in [-0.15, -0.1) is 0 Å². The van der Waals surface area contributed by atoms with Gasteiger partial charge in [0.05, 0.1) is 29.7 Å². The fraction of sp³-hybridized carbons (Fsp3) is 0.550. The van der Waals surface area contributed by atoms with Crippen LogP contribution in [0.4, 0.5) is 4.39 Å². The van der Waals surface area contributed by atoms with E-state index in [1.54, 1.807) is 4.90 Å². The largest absolute Gasteiger partial charge is 0.378 e. The fourth-order valence-corrected chi connectivity index (χ4v) is 3.91. The second kappa shape index (κ2) is 10.0. The lowest BCUT2D eigenvalue weighted by molar-refractivity contribution is -0.143. The van der Waals surface area contributed by atoms with Crippen molar-refractivity contribution in [1.29, 1.82) is 0 Å². The van der Waals surface area contributed by atoms with E-state index in [1.807, 2.05) is 4.90 Å². The van der Waals surface area contributed by atoms with Crippen LogP contribution in [0.3, 0.4) is 0 Å². The second-order valence-corrected chi connectivity index (χ2v) is 7.65. The molecule has 0 aromatic heterocycles. The van der Waals surface area contributed by atoms with E-state index >= 15 is 0 Å². The molecule has 1 atom stereocenters. The van der Waals surface area contributed by atoms with Gasteiger partial charge >= 0.3 is 0 Å². The number of rotatable bonds is 5. The van der Waals surface area contributed by atoms with Crippen molar-refractivity contribution in [3.8, 4) is 0 Å². The molecule has 1 N–H and O–H groups in total. The number of nitrogens with zero attached hydrogens (tertiary/aromatic N) is 2. The Kier molecular flexibility index (Phi) is 7.44. The second-order valence-electron chi connectivity index (χ2n) is 7.25. The average molecular weight is 426 g/mol. The lowest BCUT2D eigenvalue weighted by Crippen LogP contribution is -2.49. The van der Waals surface area contributed by atoms with E-state index < -0.39 is 11.7 Å². The Morgan fingerprint density at radius 1 is 1.17 bits per heavy atom. The van der Waals surface area contributed by atoms with E-state index in [9.17, 15) is 18.8 Å². The standard InChI is InChI=1S/C20H25ClFN3O4/c21-17-12-15(22)3-4-16(17)19(27)23-6-5-18(26)25-7-1-2-14(13-25)20(28)24-8-10-29-11-9-24/h3-4,12,14H,1-2,5-11,13H2,(H,23,27). The van der Waals surface area contributed by atoms with E-state index in [0.29, 0.717) is 39.4 Å². The van der Waals surface area contributed by atoms with Crippen LogP contribution < -0.4 is 5.32 Å². The molecule has 0 radical (unpaired) electrons. The van der Waals surface area contributed by atoms with E-state index in [0.717, 1.165) is 25.0 Å². The molecule has 2 heterocycles. The number of hydrogen-bond donors (Lipinski definition) is 1. The summed E-state index contributed by atoms with van der Waals surface area (Å²) in [6.45, 7) is 3.47. The van der Waals surface area contributed by atoms with Crippen molar-refractivity contribution in [2.24, 2.45) is 5.92 Å². The number of likely N-dealkylation sites (tertiary alicyclic amines) is 1. The highest BCUT2D eigenvalue weighted by Crippen LogP contribution is 2.20. The first-order valence-electron chi connectivity index (χ1n) is 9.83. The number of carbonyl (C=O) groups is 3. The van der Waals surface area contributed by atoms with Crippen LogP contribution in [0.5, 0.6) is 0 Å². The zero-order chi connectivity index (χ0) is 20.8. The number of benzene rings is 1. The number of nitrogens with one attached hydrogen (secondary N) is 1. The number of piperidine rings is 1. The molecule has 2 saturated heterocycles. The molecule has 158 valence electrons. The van der Waals surface area contributed by atoms with Crippen molar-refractivity contribution in [1.82, 2.24) is 15.1 Å². The first-order valence-corrected chi connectivity index (χ1v) is 10.2. The molecule has 0 bridgehead atoms. The monoisotopic (exact) mass is 425 g/mol. The molecule has 29 heavy (non-hydrogen) atoms. The van der Waals surface area contributed by atoms with Crippen LogP contribution in [0.25, 0.3) is 0 Å². The summed E-state index contributed by atoms with van der Waals surface area (Å²) >= 11 is 5.88. The number of halogens is 2. The van der Waals surface area contributed by atoms with Crippen LogP contribution in [0.15, 0.2) is 18.2 Å². The van der Waals surface area contributed by atoms with Gasteiger partial charge in [-0.05, 0) is 31.0 Å². The molecule has 9 heteroatoms. The van der Waals surface area contributed by atoms with Gasteiger partial charge in [0.2, 0.25) is 11.8 Å². The van der Waals surface area contributed by atoms with Crippen molar-refractivity contribution in [2.45, 2.75) is 19.3 Å². The van der Waals surface area contributed by atoms with Gasteiger partial charge in [0.15, 0.2) is 0 Å². The van der Waals surface area contributed by atoms with Crippen molar-refractivity contribution in [2.75, 3.05) is 45.9 Å². The number of amides is 3. The number of morpholine rings is 1. The molecule has 2 aliphatic rings. The molecule has 1 aromatic carbocycles. The maximum atomic E-state index is 13.1. The molecule has 7 nitrogen and oxygen atoms in total. The molecule has 1 unspecified atom stereocenters. The number of ether oxygens (including phenoxy) is 1. The third-order valence-corrected chi connectivity index (χ3v) is 5.56. The highest BCUT2D eigenvalue weighted by molar-refractivity contribution is 6.33. The topological polar surface area (TPSA) is 79.0 Å². The zero-order valence-corrected chi connectivity index (χ0v) is 16.9. The highest BCUT2D eigenvalue weighted by Gasteiger charge is 2.31. The molecule has 0 spiro atoms. The normalized spacial score (nSPS) is 19.7. The maximum Gasteiger partial charge on any atom is 0.252 e. The van der Waals surface area contributed by atoms with Gasteiger partial charge in [-0.2, -0.15) is 0 Å². The molecule has 3 rings (SSSR count). The van der Waals surface area contributed by atoms with E-state index in [2.05, 4.69) is 5.32 Å². The summed E-state index contributed by atoms with van der Waals surface area (Å²) in [7, 11) is 0. The van der Waals surface area contributed by atoms with Crippen molar-refractivity contribution in [3.63, 3.8) is 0 Å². The van der Waals surface area contributed by atoms with Crippen LogP contribution in [0.2, 0.25) is 5.02 Å². The summed E-state index contributed by atoms with van der Waals surface area (Å²) in [5.41, 5.74) is 0.162. The lowest BCUT2D eigenvalue weighted by atomic mass is 9.96. The Balaban J connectivity index is 1.46. The van der Waals surface area contributed by atoms with Crippen LogP contribution in [-0.2, 0) is 14.3 Å². The van der Waals surface area contributed by atoms with Gasteiger partial charge in [0.25, 0.3) is 5.91 Å². The molecule has 2 fully saturated rings. The van der Waals surface area contributed by atoms with E-state index in [-0.39, 0.29) is 41.3 Å². The van der Waals surface area contributed by atoms with Crippen molar-refractivity contribution in [3.05, 3.63) is 34.6 Å². The lowest BCUT2D eigenvalue weighted by Gasteiger charge is -2.36. The minimum absolute atomic E-state index is 0.0225. The molecule has 1 aromatic rings. The van der Waals surface area contributed by atoms with Crippen molar-refractivity contribution >= 4 is 29.3 Å². The van der Waals surface area contributed by atoms with Crippen LogP contribution in [0.1, 0.15) is 29.6 Å². The minimum atomic E-state index is -0.520. The van der Waals surface area contributed by atoms with Gasteiger partial charge in [0.1, 0.15) is 5.82 Å². The fourth-order valence-electron chi connectivity index (χ4n) is 3.66. The van der Waals surface area contributed by atoms with Crippen LogP contribution in [0, 0.1) is 11.7 Å². The predicted molar refractivity (Wildman–Crippen MR) is 105 cm³/mol.